The maximum Gasteiger partial charge on any atom is 0.338 e. The second-order valence-corrected chi connectivity index (χ2v) is 7.36. The Hall–Kier alpha value is -2.57. The van der Waals surface area contributed by atoms with Crippen molar-refractivity contribution in [2.75, 3.05) is 13.2 Å². The summed E-state index contributed by atoms with van der Waals surface area (Å²) in [5.41, 5.74) is 0.804. The lowest BCUT2D eigenvalue weighted by Crippen LogP contribution is -2.13. The molecular weight excluding hydrogens is 378 g/mol. The molecule has 0 saturated carbocycles. The number of carbonyl (C=O) groups excluding carboxylic acids is 2. The summed E-state index contributed by atoms with van der Waals surface area (Å²) < 4.78 is 9.92. The second kappa shape index (κ2) is 8.21. The molecule has 0 unspecified atom stereocenters. The molecule has 0 amide bonds. The van der Waals surface area contributed by atoms with E-state index in [9.17, 15) is 19.8 Å². The Morgan fingerprint density at radius 2 is 1.62 bits per heavy atom. The number of esters is 2. The first-order chi connectivity index (χ1) is 12.3. The van der Waals surface area contributed by atoms with Crippen LogP contribution >= 0.6 is 23.5 Å². The number of phenolic OH excluding ortho intramolecular Hbond substituents is 2. The lowest BCUT2D eigenvalue weighted by Gasteiger charge is -2.10. The number of thioether (sulfide) groups is 2. The molecule has 0 aliphatic carbocycles. The molecule has 0 bridgehead atoms. The van der Waals surface area contributed by atoms with Gasteiger partial charge < -0.3 is 19.7 Å². The predicted molar refractivity (Wildman–Crippen MR) is 96.7 cm³/mol. The molecule has 2 N–H and O–H groups in total. The zero-order valence-corrected chi connectivity index (χ0v) is 15.6. The van der Waals surface area contributed by atoms with Crippen LogP contribution in [0.3, 0.4) is 0 Å². The number of phenols is 2. The molecule has 7 nitrogen and oxygen atoms in total. The number of hydrogen-bond donors (Lipinski definition) is 2. The van der Waals surface area contributed by atoms with Gasteiger partial charge in [0.25, 0.3) is 5.70 Å². The van der Waals surface area contributed by atoms with Gasteiger partial charge in [0.15, 0.2) is 0 Å². The highest BCUT2D eigenvalue weighted by Crippen LogP contribution is 2.60. The number of rotatable bonds is 5. The fraction of sp³-hybridized carbons (Fsp3) is 0.235. The van der Waals surface area contributed by atoms with Gasteiger partial charge in [0.05, 0.1) is 20.6 Å². The summed E-state index contributed by atoms with van der Waals surface area (Å²) in [5, 5.41) is 20.5. The van der Waals surface area contributed by atoms with Crippen LogP contribution in [0, 0.1) is 20.4 Å². The largest absolute Gasteiger partial charge is 0.506 e. The van der Waals surface area contributed by atoms with Crippen LogP contribution in [0.5, 0.6) is 11.5 Å². The summed E-state index contributed by atoms with van der Waals surface area (Å²) in [6.07, 6.45) is 0.986. The Kier molecular flexibility index (Phi) is 6.23. The van der Waals surface area contributed by atoms with Crippen molar-refractivity contribution in [3.8, 4) is 11.5 Å². The Morgan fingerprint density at radius 3 is 2.08 bits per heavy atom. The minimum absolute atomic E-state index is 0.0110. The van der Waals surface area contributed by atoms with Crippen LogP contribution in [0.1, 0.15) is 11.1 Å². The van der Waals surface area contributed by atoms with Crippen molar-refractivity contribution >= 4 is 35.5 Å². The molecule has 1 aliphatic rings. The van der Waals surface area contributed by atoms with Crippen molar-refractivity contribution in [2.24, 2.45) is 0 Å². The van der Waals surface area contributed by atoms with E-state index in [2.05, 4.69) is 16.2 Å². The first-order valence-electron chi connectivity index (χ1n) is 7.30. The molecule has 0 saturated heterocycles. The van der Waals surface area contributed by atoms with E-state index in [1.165, 1.54) is 0 Å². The van der Waals surface area contributed by atoms with Gasteiger partial charge in [-0.2, -0.15) is 0 Å². The number of aromatic hydroxyl groups is 2. The van der Waals surface area contributed by atoms with Crippen LogP contribution in [0.2, 0.25) is 0 Å². The Labute approximate surface area is 158 Å². The van der Waals surface area contributed by atoms with E-state index in [0.717, 1.165) is 29.6 Å². The standard InChI is InChI=1S/C17H15NO6S2/c1-5-10(19)23-6-7-24-16(22)11(18-4)17-25-14-12(20)8(2)9(3)13(21)15(14)26-17/h5,20-21H,1,6-7H2,2-3H3. The highest BCUT2D eigenvalue weighted by molar-refractivity contribution is 8.24. The highest BCUT2D eigenvalue weighted by Gasteiger charge is 2.32. The lowest BCUT2D eigenvalue weighted by molar-refractivity contribution is -0.146. The van der Waals surface area contributed by atoms with Gasteiger partial charge in [-0.1, -0.05) is 30.1 Å². The third-order valence-electron chi connectivity index (χ3n) is 3.52. The highest BCUT2D eigenvalue weighted by atomic mass is 32.2. The van der Waals surface area contributed by atoms with Gasteiger partial charge >= 0.3 is 11.9 Å². The van der Waals surface area contributed by atoms with Crippen LogP contribution < -0.4 is 0 Å². The number of ether oxygens (including phenoxy) is 2. The van der Waals surface area contributed by atoms with Crippen molar-refractivity contribution in [2.45, 2.75) is 23.6 Å². The smallest absolute Gasteiger partial charge is 0.338 e. The van der Waals surface area contributed by atoms with Gasteiger partial charge in [0, 0.05) is 6.08 Å². The van der Waals surface area contributed by atoms with E-state index in [1.54, 1.807) is 13.8 Å². The zero-order valence-electron chi connectivity index (χ0n) is 14.0. The summed E-state index contributed by atoms with van der Waals surface area (Å²) in [7, 11) is 0. The van der Waals surface area contributed by atoms with Crippen molar-refractivity contribution in [3.05, 3.63) is 45.1 Å². The molecule has 0 aromatic heterocycles. The number of nitrogens with zero attached hydrogens (tertiary/aromatic N) is 1. The minimum Gasteiger partial charge on any atom is -0.506 e. The van der Waals surface area contributed by atoms with Crippen LogP contribution in [0.15, 0.2) is 32.4 Å². The first kappa shape index (κ1) is 19.8. The number of benzene rings is 1. The van der Waals surface area contributed by atoms with Gasteiger partial charge in [-0.3, -0.25) is 4.79 Å². The van der Waals surface area contributed by atoms with Gasteiger partial charge in [-0.25, -0.2) is 9.64 Å². The predicted octanol–water partition coefficient (Wildman–Crippen LogP) is 3.27. The number of fused-ring (bicyclic) bond motifs is 1. The molecule has 1 heterocycles. The average Bonchev–Trinajstić information content (AvgIpc) is 3.07. The van der Waals surface area contributed by atoms with Crippen LogP contribution in [-0.2, 0) is 19.1 Å². The lowest BCUT2D eigenvalue weighted by atomic mass is 10.1. The molecule has 0 fully saturated rings. The van der Waals surface area contributed by atoms with E-state index in [4.69, 9.17) is 11.3 Å². The maximum absolute atomic E-state index is 12.1. The molecule has 0 atom stereocenters. The molecular formula is C17H15NO6S2. The molecule has 1 aromatic carbocycles. The van der Waals surface area contributed by atoms with Crippen molar-refractivity contribution < 1.29 is 29.3 Å². The van der Waals surface area contributed by atoms with E-state index in [-0.39, 0.29) is 30.4 Å². The fourth-order valence-electron chi connectivity index (χ4n) is 1.98. The minimum atomic E-state index is -0.870. The maximum atomic E-state index is 12.1. The van der Waals surface area contributed by atoms with E-state index >= 15 is 0 Å². The summed E-state index contributed by atoms with van der Waals surface area (Å²) in [6, 6.07) is 0. The van der Waals surface area contributed by atoms with Crippen LogP contribution in [0.25, 0.3) is 4.85 Å². The van der Waals surface area contributed by atoms with Crippen molar-refractivity contribution in [1.82, 2.24) is 0 Å². The normalized spacial score (nSPS) is 12.1. The topological polar surface area (TPSA) is 97.4 Å². The summed E-state index contributed by atoms with van der Waals surface area (Å²) in [4.78, 5) is 27.0. The third kappa shape index (κ3) is 3.81. The van der Waals surface area contributed by atoms with Gasteiger partial charge in [-0.15, -0.1) is 0 Å². The van der Waals surface area contributed by atoms with Crippen LogP contribution in [0.4, 0.5) is 0 Å². The molecule has 1 aliphatic heterocycles. The summed E-state index contributed by atoms with van der Waals surface area (Å²) in [5.74, 6) is -1.49. The average molecular weight is 393 g/mol. The molecule has 0 radical (unpaired) electrons. The summed E-state index contributed by atoms with van der Waals surface area (Å²) in [6.45, 7) is 13.5. The molecule has 9 heteroatoms. The molecule has 26 heavy (non-hydrogen) atoms. The summed E-state index contributed by atoms with van der Waals surface area (Å²) >= 11 is 2.06. The van der Waals surface area contributed by atoms with Gasteiger partial charge in [0.2, 0.25) is 0 Å². The Bertz CT molecular complexity index is 830. The third-order valence-corrected chi connectivity index (χ3v) is 6.11. The molecule has 1 aromatic rings. The number of carbonyl (C=O) groups is 2. The molecule has 136 valence electrons. The van der Waals surface area contributed by atoms with E-state index in [1.807, 2.05) is 0 Å². The Balaban J connectivity index is 2.18. The fourth-order valence-corrected chi connectivity index (χ4v) is 4.60. The van der Waals surface area contributed by atoms with Gasteiger partial charge in [0.1, 0.15) is 24.7 Å². The van der Waals surface area contributed by atoms with Crippen LogP contribution in [-0.4, -0.2) is 35.4 Å². The van der Waals surface area contributed by atoms with Crippen molar-refractivity contribution in [3.63, 3.8) is 0 Å². The Morgan fingerprint density at radius 1 is 1.12 bits per heavy atom. The van der Waals surface area contributed by atoms with Gasteiger partial charge in [-0.05, 0) is 25.0 Å². The first-order valence-corrected chi connectivity index (χ1v) is 8.93. The quantitative estimate of drug-likeness (QED) is 0.259. The van der Waals surface area contributed by atoms with Crippen molar-refractivity contribution in [1.29, 1.82) is 0 Å². The monoisotopic (exact) mass is 393 g/mol. The molecule has 0 spiro atoms. The SMILES string of the molecule is [C-]#[N+]C(C(=O)OCCOC(=O)C=C)=C1Sc2c(O)c(C)c(C)c(O)c2S1. The zero-order chi connectivity index (χ0) is 19.4. The second-order valence-electron chi connectivity index (χ2n) is 5.06. The van der Waals surface area contributed by atoms with E-state index in [0.29, 0.717) is 25.2 Å². The van der Waals surface area contributed by atoms with E-state index < -0.39 is 11.9 Å². The number of hydrogen-bond acceptors (Lipinski definition) is 8. The molecule has 2 rings (SSSR count).